The minimum Gasteiger partial charge on any atom is -0.379 e. The standard InChI is InChI=1S/C21H32O3S/c1-14-11-12-17-18(13-14)24-19(25-20(17,3)4)21(22,15(2)23-5)16-9-7-6-8-10-16/h6-10,14-15,17-19,22H,11-13H2,1-5H3/t14-,15+,17-,18-,19-,21+/m1/s1. The van der Waals surface area contributed by atoms with Gasteiger partial charge in [0.25, 0.3) is 0 Å². The van der Waals surface area contributed by atoms with E-state index in [2.05, 4.69) is 20.8 Å². The minimum atomic E-state index is -1.18. The van der Waals surface area contributed by atoms with Gasteiger partial charge in [-0.15, -0.1) is 11.8 Å². The molecule has 1 aliphatic heterocycles. The normalized spacial score (nSPS) is 35.4. The Morgan fingerprint density at radius 3 is 2.60 bits per heavy atom. The van der Waals surface area contributed by atoms with Crippen LogP contribution in [0.15, 0.2) is 30.3 Å². The van der Waals surface area contributed by atoms with Gasteiger partial charge in [0.05, 0.1) is 12.2 Å². The molecule has 3 rings (SSSR count). The summed E-state index contributed by atoms with van der Waals surface area (Å²) in [5, 5.41) is 11.8. The Morgan fingerprint density at radius 2 is 1.96 bits per heavy atom. The molecule has 0 amide bonds. The first-order valence-corrected chi connectivity index (χ1v) is 10.3. The van der Waals surface area contributed by atoms with Crippen LogP contribution in [0, 0.1) is 11.8 Å². The van der Waals surface area contributed by atoms with Crippen molar-refractivity contribution in [3.8, 4) is 0 Å². The van der Waals surface area contributed by atoms with Crippen molar-refractivity contribution in [1.82, 2.24) is 0 Å². The number of ether oxygens (including phenoxy) is 2. The zero-order chi connectivity index (χ0) is 18.2. The van der Waals surface area contributed by atoms with Gasteiger partial charge in [-0.25, -0.2) is 0 Å². The van der Waals surface area contributed by atoms with Crippen molar-refractivity contribution in [3.05, 3.63) is 35.9 Å². The van der Waals surface area contributed by atoms with E-state index in [9.17, 15) is 5.11 Å². The van der Waals surface area contributed by atoms with Crippen LogP contribution in [0.25, 0.3) is 0 Å². The highest BCUT2D eigenvalue weighted by Crippen LogP contribution is 2.54. The number of aliphatic hydroxyl groups is 1. The molecule has 1 saturated carbocycles. The lowest BCUT2D eigenvalue weighted by molar-refractivity contribution is -0.180. The summed E-state index contributed by atoms with van der Waals surface area (Å²) in [6, 6.07) is 9.85. The molecule has 4 heteroatoms. The minimum absolute atomic E-state index is 0.0734. The fraction of sp³-hybridized carbons (Fsp3) is 0.714. The number of methoxy groups -OCH3 is 1. The highest BCUT2D eigenvalue weighted by Gasteiger charge is 2.54. The summed E-state index contributed by atoms with van der Waals surface area (Å²) in [5.41, 5.74) is -0.657. The molecular weight excluding hydrogens is 332 g/mol. The predicted octanol–water partition coefficient (Wildman–Crippen LogP) is 4.58. The average molecular weight is 365 g/mol. The van der Waals surface area contributed by atoms with Crippen LogP contribution < -0.4 is 0 Å². The van der Waals surface area contributed by atoms with Gasteiger partial charge in [-0.3, -0.25) is 0 Å². The van der Waals surface area contributed by atoms with E-state index in [1.54, 1.807) is 18.9 Å². The number of hydrogen-bond acceptors (Lipinski definition) is 4. The Kier molecular flexibility index (Phi) is 5.55. The van der Waals surface area contributed by atoms with Crippen molar-refractivity contribution < 1.29 is 14.6 Å². The van der Waals surface area contributed by atoms with E-state index < -0.39 is 5.60 Å². The molecule has 0 spiro atoms. The molecule has 1 saturated heterocycles. The maximum Gasteiger partial charge on any atom is 0.151 e. The quantitative estimate of drug-likeness (QED) is 0.848. The topological polar surface area (TPSA) is 38.7 Å². The summed E-state index contributed by atoms with van der Waals surface area (Å²) in [6.45, 7) is 8.86. The molecule has 0 unspecified atom stereocenters. The second-order valence-electron chi connectivity index (χ2n) is 8.32. The van der Waals surface area contributed by atoms with E-state index in [1.165, 1.54) is 12.8 Å². The average Bonchev–Trinajstić information content (AvgIpc) is 2.59. The summed E-state index contributed by atoms with van der Waals surface area (Å²) < 4.78 is 12.3. The van der Waals surface area contributed by atoms with Gasteiger partial charge in [0.15, 0.2) is 5.60 Å². The largest absolute Gasteiger partial charge is 0.379 e. The third-order valence-corrected chi connectivity index (χ3v) is 7.82. The predicted molar refractivity (Wildman–Crippen MR) is 104 cm³/mol. The Morgan fingerprint density at radius 1 is 1.28 bits per heavy atom. The first kappa shape index (κ1) is 19.2. The number of benzene rings is 1. The monoisotopic (exact) mass is 364 g/mol. The fourth-order valence-corrected chi connectivity index (χ4v) is 6.17. The summed E-state index contributed by atoms with van der Waals surface area (Å²) >= 11 is 1.77. The number of hydrogen-bond donors (Lipinski definition) is 1. The summed E-state index contributed by atoms with van der Waals surface area (Å²) in [7, 11) is 1.66. The van der Waals surface area contributed by atoms with E-state index in [-0.39, 0.29) is 22.4 Å². The highest BCUT2D eigenvalue weighted by atomic mass is 32.2. The smallest absolute Gasteiger partial charge is 0.151 e. The molecular formula is C21H32O3S. The lowest BCUT2D eigenvalue weighted by atomic mass is 9.74. The molecule has 6 atom stereocenters. The maximum absolute atomic E-state index is 11.8. The third kappa shape index (κ3) is 3.51. The van der Waals surface area contributed by atoms with Gasteiger partial charge in [0.2, 0.25) is 0 Å². The molecule has 25 heavy (non-hydrogen) atoms. The lowest BCUT2D eigenvalue weighted by Crippen LogP contribution is -2.57. The molecule has 1 aliphatic carbocycles. The zero-order valence-electron chi connectivity index (χ0n) is 16.1. The molecule has 0 radical (unpaired) electrons. The van der Waals surface area contributed by atoms with Crippen LogP contribution >= 0.6 is 11.8 Å². The van der Waals surface area contributed by atoms with Crippen molar-refractivity contribution in [2.75, 3.05) is 7.11 Å². The fourth-order valence-electron chi connectivity index (χ4n) is 4.46. The number of thioether (sulfide) groups is 1. The van der Waals surface area contributed by atoms with Crippen molar-refractivity contribution in [1.29, 1.82) is 0 Å². The van der Waals surface area contributed by atoms with Crippen molar-refractivity contribution in [2.24, 2.45) is 11.8 Å². The molecule has 1 N–H and O–H groups in total. The van der Waals surface area contributed by atoms with E-state index in [0.29, 0.717) is 11.8 Å². The lowest BCUT2D eigenvalue weighted by Gasteiger charge is -2.54. The molecule has 2 aliphatic rings. The van der Waals surface area contributed by atoms with Crippen LogP contribution in [-0.4, -0.2) is 34.6 Å². The van der Waals surface area contributed by atoms with Crippen molar-refractivity contribution in [3.63, 3.8) is 0 Å². The van der Waals surface area contributed by atoms with Crippen molar-refractivity contribution >= 4 is 11.8 Å². The van der Waals surface area contributed by atoms with Crippen LogP contribution in [0.5, 0.6) is 0 Å². The molecule has 140 valence electrons. The first-order chi connectivity index (χ1) is 11.8. The van der Waals surface area contributed by atoms with E-state index in [0.717, 1.165) is 12.0 Å². The SMILES string of the molecule is CO[C@@H](C)[C@](O)(c1ccccc1)[C@@H]1O[C@@H]2C[C@H](C)CC[C@H]2C(C)(C)S1. The van der Waals surface area contributed by atoms with Gasteiger partial charge in [-0.1, -0.05) is 57.5 Å². The molecule has 2 fully saturated rings. The zero-order valence-corrected chi connectivity index (χ0v) is 16.9. The Balaban J connectivity index is 1.96. The summed E-state index contributed by atoms with van der Waals surface area (Å²) in [4.78, 5) is 0. The van der Waals surface area contributed by atoms with E-state index >= 15 is 0 Å². The number of fused-ring (bicyclic) bond motifs is 1. The van der Waals surface area contributed by atoms with Crippen molar-refractivity contribution in [2.45, 2.75) is 74.9 Å². The van der Waals surface area contributed by atoms with Crippen LogP contribution in [-0.2, 0) is 15.1 Å². The van der Waals surface area contributed by atoms with Crippen LogP contribution in [0.2, 0.25) is 0 Å². The van der Waals surface area contributed by atoms with E-state index in [4.69, 9.17) is 9.47 Å². The van der Waals surface area contributed by atoms with Crippen LogP contribution in [0.4, 0.5) is 0 Å². The molecule has 1 heterocycles. The summed E-state index contributed by atoms with van der Waals surface area (Å²) in [6.07, 6.45) is 3.42. The molecule has 0 aromatic heterocycles. The van der Waals surface area contributed by atoms with Gasteiger partial charge in [0, 0.05) is 11.9 Å². The molecule has 0 bridgehead atoms. The maximum atomic E-state index is 11.8. The molecule has 3 nitrogen and oxygen atoms in total. The number of rotatable bonds is 4. The van der Waals surface area contributed by atoms with Gasteiger partial charge >= 0.3 is 0 Å². The third-order valence-electron chi connectivity index (χ3n) is 6.22. The van der Waals surface area contributed by atoms with Gasteiger partial charge in [-0.2, -0.15) is 0 Å². The second kappa shape index (κ2) is 7.22. The van der Waals surface area contributed by atoms with Gasteiger partial charge in [0.1, 0.15) is 5.44 Å². The molecule has 1 aromatic rings. The molecule has 1 aromatic carbocycles. The van der Waals surface area contributed by atoms with Crippen LogP contribution in [0.3, 0.4) is 0 Å². The Labute approximate surface area is 156 Å². The van der Waals surface area contributed by atoms with Crippen LogP contribution in [0.1, 0.15) is 52.5 Å². The van der Waals surface area contributed by atoms with E-state index in [1.807, 2.05) is 37.3 Å². The Bertz CT molecular complexity index is 576. The van der Waals surface area contributed by atoms with Gasteiger partial charge < -0.3 is 14.6 Å². The Hall–Kier alpha value is -0.550. The first-order valence-electron chi connectivity index (χ1n) is 9.43. The highest BCUT2D eigenvalue weighted by molar-refractivity contribution is 8.01. The summed E-state index contributed by atoms with van der Waals surface area (Å²) in [5.74, 6) is 1.23. The van der Waals surface area contributed by atoms with Gasteiger partial charge in [-0.05, 0) is 37.2 Å². The second-order valence-corrected chi connectivity index (χ2v) is 10.0.